The lowest BCUT2D eigenvalue weighted by molar-refractivity contribution is -0.383. The Hall–Kier alpha value is -3.26. The molecule has 0 aliphatic heterocycles. The van der Waals surface area contributed by atoms with E-state index in [-0.39, 0.29) is 11.6 Å². The van der Waals surface area contributed by atoms with Gasteiger partial charge in [-0.3, -0.25) is 10.1 Å². The van der Waals surface area contributed by atoms with E-state index in [1.165, 1.54) is 6.07 Å². The van der Waals surface area contributed by atoms with Crippen LogP contribution >= 0.6 is 0 Å². The average Bonchev–Trinajstić information content (AvgIpc) is 3.37. The Labute approximate surface area is 161 Å². The monoisotopic (exact) mass is 379 g/mol. The fraction of sp³-hybridized carbons (Fsp3) is 0.300. The summed E-state index contributed by atoms with van der Waals surface area (Å²) in [5.41, 5.74) is 7.72. The van der Waals surface area contributed by atoms with Crippen LogP contribution in [-0.4, -0.2) is 15.1 Å². The van der Waals surface area contributed by atoms with Crippen LogP contribution < -0.4 is 11.1 Å². The van der Waals surface area contributed by atoms with Crippen LogP contribution in [0.4, 0.5) is 11.4 Å². The molecule has 0 saturated heterocycles. The number of nitrogens with one attached hydrogen (secondary N) is 1. The first-order valence-electron chi connectivity index (χ1n) is 9.25. The number of benzene rings is 2. The fourth-order valence-corrected chi connectivity index (χ4v) is 3.53. The molecule has 0 unspecified atom stereocenters. The summed E-state index contributed by atoms with van der Waals surface area (Å²) >= 11 is 0. The second-order valence-corrected chi connectivity index (χ2v) is 7.11. The van der Waals surface area contributed by atoms with Crippen molar-refractivity contribution in [2.75, 3.05) is 5.32 Å². The third-order valence-corrected chi connectivity index (χ3v) is 5.13. The highest BCUT2D eigenvalue weighted by Gasteiger charge is 2.36. The number of aromatic nitrogens is 2. The number of rotatable bonds is 6. The van der Waals surface area contributed by atoms with Crippen molar-refractivity contribution in [3.05, 3.63) is 70.0 Å². The zero-order chi connectivity index (χ0) is 19.6. The number of hydrogen-bond donors (Lipinski definition) is 2. The highest BCUT2D eigenvalue weighted by molar-refractivity contribution is 5.69. The van der Waals surface area contributed by atoms with Crippen LogP contribution in [0.5, 0.6) is 0 Å². The van der Waals surface area contributed by atoms with Gasteiger partial charge in [0.2, 0.25) is 0 Å². The van der Waals surface area contributed by atoms with Crippen molar-refractivity contribution < 1.29 is 9.45 Å². The Balaban J connectivity index is 1.58. The van der Waals surface area contributed by atoms with Crippen LogP contribution in [0.1, 0.15) is 37.1 Å². The predicted molar refractivity (Wildman–Crippen MR) is 104 cm³/mol. The van der Waals surface area contributed by atoms with Gasteiger partial charge in [0.25, 0.3) is 11.6 Å². The second-order valence-electron chi connectivity index (χ2n) is 7.11. The van der Waals surface area contributed by atoms with Gasteiger partial charge in [0.15, 0.2) is 5.82 Å². The van der Waals surface area contributed by atoms with Crippen molar-refractivity contribution in [1.29, 1.82) is 0 Å². The maximum Gasteiger partial charge on any atom is 0.293 e. The standard InChI is InChI=1S/C20H21N5O3/c21-20(10-4-5-11-20)19-23-18(28-24-19)15-8-9-16(17(12-15)25(26)27)22-13-14-6-2-1-3-7-14/h1-3,6-9,12,22H,4-5,10-11,13,21H2. The van der Waals surface area contributed by atoms with Gasteiger partial charge in [0.05, 0.1) is 10.5 Å². The average molecular weight is 379 g/mol. The van der Waals surface area contributed by atoms with Crippen LogP contribution in [0.15, 0.2) is 53.1 Å². The molecule has 1 aliphatic rings. The molecule has 0 amide bonds. The fourth-order valence-electron chi connectivity index (χ4n) is 3.53. The molecule has 3 N–H and O–H groups in total. The third-order valence-electron chi connectivity index (χ3n) is 5.13. The van der Waals surface area contributed by atoms with Gasteiger partial charge in [0.1, 0.15) is 5.69 Å². The van der Waals surface area contributed by atoms with Gasteiger partial charge in [-0.15, -0.1) is 0 Å². The van der Waals surface area contributed by atoms with Crippen molar-refractivity contribution in [3.8, 4) is 11.5 Å². The summed E-state index contributed by atoms with van der Waals surface area (Å²) in [5, 5.41) is 18.7. The molecule has 0 atom stereocenters. The van der Waals surface area contributed by atoms with Crippen molar-refractivity contribution >= 4 is 11.4 Å². The number of nitro groups is 1. The van der Waals surface area contributed by atoms with E-state index in [0.29, 0.717) is 23.6 Å². The minimum atomic E-state index is -0.565. The van der Waals surface area contributed by atoms with Crippen LogP contribution in [0.25, 0.3) is 11.5 Å². The number of anilines is 1. The lowest BCUT2D eigenvalue weighted by Gasteiger charge is -2.17. The van der Waals surface area contributed by atoms with Gasteiger partial charge in [-0.1, -0.05) is 48.3 Å². The second kappa shape index (κ2) is 7.40. The highest BCUT2D eigenvalue weighted by Crippen LogP contribution is 2.36. The molecule has 1 saturated carbocycles. The van der Waals surface area contributed by atoms with Crippen molar-refractivity contribution in [1.82, 2.24) is 10.1 Å². The third kappa shape index (κ3) is 3.59. The molecule has 2 aromatic carbocycles. The zero-order valence-corrected chi connectivity index (χ0v) is 15.3. The minimum absolute atomic E-state index is 0.0449. The Morgan fingerprint density at radius 1 is 1.18 bits per heavy atom. The van der Waals surface area contributed by atoms with E-state index in [1.807, 2.05) is 30.3 Å². The van der Waals surface area contributed by atoms with E-state index < -0.39 is 10.5 Å². The first kappa shape index (κ1) is 18.1. The van der Waals surface area contributed by atoms with Gasteiger partial charge in [0, 0.05) is 18.2 Å². The molecule has 8 heteroatoms. The molecule has 1 heterocycles. The zero-order valence-electron chi connectivity index (χ0n) is 15.3. The Morgan fingerprint density at radius 2 is 1.93 bits per heavy atom. The summed E-state index contributed by atoms with van der Waals surface area (Å²) in [7, 11) is 0. The molecule has 0 spiro atoms. The molecule has 144 valence electrons. The van der Waals surface area contributed by atoms with Crippen molar-refractivity contribution in [2.45, 2.75) is 37.8 Å². The van der Waals surface area contributed by atoms with E-state index >= 15 is 0 Å². The predicted octanol–water partition coefficient (Wildman–Crippen LogP) is 3.98. The highest BCUT2D eigenvalue weighted by atomic mass is 16.6. The van der Waals surface area contributed by atoms with E-state index in [2.05, 4.69) is 15.5 Å². The minimum Gasteiger partial charge on any atom is -0.375 e. The van der Waals surface area contributed by atoms with Gasteiger partial charge in [-0.05, 0) is 30.5 Å². The molecule has 4 rings (SSSR count). The van der Waals surface area contributed by atoms with Gasteiger partial charge < -0.3 is 15.6 Å². The number of nitro benzene ring substituents is 1. The topological polar surface area (TPSA) is 120 Å². The molecule has 28 heavy (non-hydrogen) atoms. The first-order chi connectivity index (χ1) is 13.5. The molecule has 1 aliphatic carbocycles. The van der Waals surface area contributed by atoms with E-state index in [0.717, 1.165) is 31.2 Å². The molecule has 8 nitrogen and oxygen atoms in total. The van der Waals surface area contributed by atoms with Crippen LogP contribution in [0.3, 0.4) is 0 Å². The van der Waals surface area contributed by atoms with Crippen molar-refractivity contribution in [3.63, 3.8) is 0 Å². The number of nitrogens with two attached hydrogens (primary N) is 1. The summed E-state index contributed by atoms with van der Waals surface area (Å²) in [4.78, 5) is 15.6. The van der Waals surface area contributed by atoms with E-state index in [1.54, 1.807) is 12.1 Å². The Bertz CT molecular complexity index is 981. The summed E-state index contributed by atoms with van der Waals surface area (Å²) < 4.78 is 5.35. The molecule has 0 radical (unpaired) electrons. The number of nitrogens with zero attached hydrogens (tertiary/aromatic N) is 3. The van der Waals surface area contributed by atoms with Gasteiger partial charge in [-0.25, -0.2) is 0 Å². The van der Waals surface area contributed by atoms with Gasteiger partial charge in [-0.2, -0.15) is 4.98 Å². The Morgan fingerprint density at radius 3 is 2.64 bits per heavy atom. The lowest BCUT2D eigenvalue weighted by Crippen LogP contribution is -2.34. The summed E-state index contributed by atoms with van der Waals surface area (Å²) in [6, 6.07) is 14.5. The molecule has 0 bridgehead atoms. The van der Waals surface area contributed by atoms with Crippen LogP contribution in [0, 0.1) is 10.1 Å². The SMILES string of the molecule is NC1(c2noc(-c3ccc(NCc4ccccc4)c([N+](=O)[O-])c3)n2)CCCC1. The molecular formula is C20H21N5O3. The van der Waals surface area contributed by atoms with Gasteiger partial charge >= 0.3 is 0 Å². The summed E-state index contributed by atoms with van der Waals surface area (Å²) in [5.74, 6) is 0.707. The van der Waals surface area contributed by atoms with Crippen LogP contribution in [0.2, 0.25) is 0 Å². The first-order valence-corrected chi connectivity index (χ1v) is 9.25. The molecule has 1 aromatic heterocycles. The van der Waals surface area contributed by atoms with Crippen molar-refractivity contribution in [2.24, 2.45) is 5.73 Å². The van der Waals surface area contributed by atoms with Crippen LogP contribution in [-0.2, 0) is 12.1 Å². The summed E-state index contributed by atoms with van der Waals surface area (Å²) in [6.45, 7) is 0.488. The maximum atomic E-state index is 11.6. The smallest absolute Gasteiger partial charge is 0.293 e. The van der Waals surface area contributed by atoms with E-state index in [4.69, 9.17) is 10.3 Å². The quantitative estimate of drug-likeness (QED) is 0.491. The molecular weight excluding hydrogens is 358 g/mol. The largest absolute Gasteiger partial charge is 0.375 e. The Kier molecular flexibility index (Phi) is 4.79. The normalized spacial score (nSPS) is 15.5. The lowest BCUT2D eigenvalue weighted by atomic mass is 9.99. The molecule has 3 aromatic rings. The number of hydrogen-bond acceptors (Lipinski definition) is 7. The molecule has 1 fully saturated rings. The maximum absolute atomic E-state index is 11.6. The van der Waals surface area contributed by atoms with E-state index in [9.17, 15) is 10.1 Å². The summed E-state index contributed by atoms with van der Waals surface area (Å²) in [6.07, 6.45) is 3.70.